The van der Waals surface area contributed by atoms with Crippen molar-refractivity contribution in [3.05, 3.63) is 77.5 Å². The zero-order chi connectivity index (χ0) is 15.8. The van der Waals surface area contributed by atoms with Crippen molar-refractivity contribution in [1.82, 2.24) is 4.57 Å². The average molecular weight is 301 g/mol. The Morgan fingerprint density at radius 1 is 1.00 bits per heavy atom. The number of nitrogens with zero attached hydrogens (tertiary/aromatic N) is 1. The van der Waals surface area contributed by atoms with E-state index in [0.29, 0.717) is 0 Å². The van der Waals surface area contributed by atoms with Gasteiger partial charge in [-0.3, -0.25) is 4.79 Å². The standard InChI is InChI=1S/C21H19NO/c1-15(23)20-18-12-5-6-13-19(18)22-14-8-7-11-17(21(20)22)16-9-3-2-4-10-16/h2-6,9-13H,7-8,14H2,1H3. The van der Waals surface area contributed by atoms with Crippen molar-refractivity contribution >= 4 is 22.3 Å². The van der Waals surface area contributed by atoms with Crippen LogP contribution in [0.3, 0.4) is 0 Å². The van der Waals surface area contributed by atoms with Gasteiger partial charge >= 0.3 is 0 Å². The largest absolute Gasteiger partial charge is 0.340 e. The van der Waals surface area contributed by atoms with E-state index in [2.05, 4.69) is 53.1 Å². The summed E-state index contributed by atoms with van der Waals surface area (Å²) in [5.74, 6) is 0.138. The van der Waals surface area contributed by atoms with Gasteiger partial charge in [-0.15, -0.1) is 0 Å². The SMILES string of the molecule is CC(=O)c1c2n(c3ccccc13)CCCC=C2c1ccccc1. The molecule has 0 aliphatic carbocycles. The molecule has 0 spiro atoms. The Kier molecular flexibility index (Phi) is 3.38. The summed E-state index contributed by atoms with van der Waals surface area (Å²) in [6.07, 6.45) is 4.43. The van der Waals surface area contributed by atoms with E-state index in [0.717, 1.165) is 41.5 Å². The summed E-state index contributed by atoms with van der Waals surface area (Å²) in [7, 11) is 0. The van der Waals surface area contributed by atoms with Gasteiger partial charge < -0.3 is 4.57 Å². The van der Waals surface area contributed by atoms with E-state index in [4.69, 9.17) is 0 Å². The Balaban J connectivity index is 2.09. The molecule has 1 aliphatic heterocycles. The molecule has 2 aromatic carbocycles. The number of carbonyl (C=O) groups excluding carboxylic acids is 1. The lowest BCUT2D eigenvalue weighted by atomic mass is 9.96. The monoisotopic (exact) mass is 301 g/mol. The summed E-state index contributed by atoms with van der Waals surface area (Å²) in [6.45, 7) is 2.63. The quantitative estimate of drug-likeness (QED) is 0.606. The number of hydrogen-bond acceptors (Lipinski definition) is 1. The summed E-state index contributed by atoms with van der Waals surface area (Å²) in [4.78, 5) is 12.4. The maximum atomic E-state index is 12.4. The molecule has 23 heavy (non-hydrogen) atoms. The minimum atomic E-state index is 0.138. The van der Waals surface area contributed by atoms with E-state index in [9.17, 15) is 4.79 Å². The molecule has 0 N–H and O–H groups in total. The van der Waals surface area contributed by atoms with Crippen LogP contribution in [0.15, 0.2) is 60.7 Å². The predicted octanol–water partition coefficient (Wildman–Crippen LogP) is 5.07. The fraction of sp³-hybridized carbons (Fsp3) is 0.190. The number of benzene rings is 2. The molecule has 2 nitrogen and oxygen atoms in total. The third-order valence-corrected chi connectivity index (χ3v) is 4.60. The van der Waals surface area contributed by atoms with Crippen molar-refractivity contribution < 1.29 is 4.79 Å². The number of Topliss-reactive ketones (excluding diaryl/α,β-unsaturated/α-hetero) is 1. The number of rotatable bonds is 2. The fourth-order valence-corrected chi connectivity index (χ4v) is 3.64. The molecule has 0 saturated carbocycles. The minimum Gasteiger partial charge on any atom is -0.340 e. The molecule has 0 atom stereocenters. The van der Waals surface area contributed by atoms with Gasteiger partial charge in [-0.25, -0.2) is 0 Å². The molecule has 0 fully saturated rings. The summed E-state index contributed by atoms with van der Waals surface area (Å²) in [5, 5.41) is 1.07. The topological polar surface area (TPSA) is 22.0 Å². The van der Waals surface area contributed by atoms with Crippen molar-refractivity contribution in [1.29, 1.82) is 0 Å². The van der Waals surface area contributed by atoms with Crippen molar-refractivity contribution in [3.8, 4) is 0 Å². The second kappa shape index (κ2) is 5.54. The highest BCUT2D eigenvalue weighted by Gasteiger charge is 2.24. The maximum Gasteiger partial charge on any atom is 0.162 e. The first kappa shape index (κ1) is 14.0. The van der Waals surface area contributed by atoms with Crippen LogP contribution < -0.4 is 0 Å². The molecule has 1 aliphatic rings. The molecular formula is C21H19NO. The van der Waals surface area contributed by atoms with Gasteiger partial charge in [-0.1, -0.05) is 54.6 Å². The highest BCUT2D eigenvalue weighted by Crippen LogP contribution is 2.36. The van der Waals surface area contributed by atoms with Crippen LogP contribution in [0.25, 0.3) is 16.5 Å². The first-order chi connectivity index (χ1) is 11.3. The molecule has 1 aromatic heterocycles. The number of para-hydroxylation sites is 1. The second-order valence-corrected chi connectivity index (χ2v) is 6.07. The maximum absolute atomic E-state index is 12.4. The van der Waals surface area contributed by atoms with Crippen molar-refractivity contribution in [2.24, 2.45) is 0 Å². The number of ketones is 1. The molecule has 3 aromatic rings. The number of aryl methyl sites for hydroxylation is 1. The predicted molar refractivity (Wildman–Crippen MR) is 94.7 cm³/mol. The third kappa shape index (κ3) is 2.22. The zero-order valence-electron chi connectivity index (χ0n) is 13.3. The third-order valence-electron chi connectivity index (χ3n) is 4.60. The Labute approximate surface area is 136 Å². The molecule has 0 unspecified atom stereocenters. The van der Waals surface area contributed by atoms with Crippen LogP contribution in [0, 0.1) is 0 Å². The van der Waals surface area contributed by atoms with Crippen LogP contribution in [0.4, 0.5) is 0 Å². The summed E-state index contributed by atoms with van der Waals surface area (Å²) in [6, 6.07) is 18.7. The van der Waals surface area contributed by atoms with E-state index in [1.165, 1.54) is 11.1 Å². The van der Waals surface area contributed by atoms with E-state index in [-0.39, 0.29) is 5.78 Å². The van der Waals surface area contributed by atoms with Gasteiger partial charge in [-0.2, -0.15) is 0 Å². The molecule has 0 saturated heterocycles. The highest BCUT2D eigenvalue weighted by molar-refractivity contribution is 6.12. The summed E-state index contributed by atoms with van der Waals surface area (Å²) in [5.41, 5.74) is 5.47. The normalized spacial score (nSPS) is 14.2. The van der Waals surface area contributed by atoms with Gasteiger partial charge in [0.25, 0.3) is 0 Å². The Bertz CT molecular complexity index is 916. The van der Waals surface area contributed by atoms with Crippen molar-refractivity contribution in [2.75, 3.05) is 0 Å². The van der Waals surface area contributed by atoms with E-state index >= 15 is 0 Å². The molecule has 4 rings (SSSR count). The molecule has 0 bridgehead atoms. The van der Waals surface area contributed by atoms with Gasteiger partial charge in [-0.05, 0) is 31.4 Å². The molecule has 0 radical (unpaired) electrons. The first-order valence-corrected chi connectivity index (χ1v) is 8.15. The lowest BCUT2D eigenvalue weighted by molar-refractivity contribution is 0.101. The van der Waals surface area contributed by atoms with Crippen LogP contribution in [-0.4, -0.2) is 10.4 Å². The smallest absolute Gasteiger partial charge is 0.162 e. The van der Waals surface area contributed by atoms with Gasteiger partial charge in [0.1, 0.15) is 0 Å². The van der Waals surface area contributed by atoms with Gasteiger partial charge in [0.05, 0.1) is 11.3 Å². The molecule has 2 heterocycles. The zero-order valence-corrected chi connectivity index (χ0v) is 13.3. The number of carbonyl (C=O) groups is 1. The molecular weight excluding hydrogens is 282 g/mol. The second-order valence-electron chi connectivity index (χ2n) is 6.07. The molecule has 2 heteroatoms. The first-order valence-electron chi connectivity index (χ1n) is 8.15. The van der Waals surface area contributed by atoms with Gasteiger partial charge in [0.2, 0.25) is 0 Å². The molecule has 0 amide bonds. The van der Waals surface area contributed by atoms with Crippen LogP contribution in [-0.2, 0) is 6.54 Å². The number of aromatic nitrogens is 1. The Morgan fingerprint density at radius 3 is 2.52 bits per heavy atom. The Hall–Kier alpha value is -2.61. The van der Waals surface area contributed by atoms with E-state index in [1.807, 2.05) is 12.1 Å². The van der Waals surface area contributed by atoms with E-state index < -0.39 is 0 Å². The van der Waals surface area contributed by atoms with Crippen LogP contribution in [0.1, 0.15) is 41.4 Å². The highest BCUT2D eigenvalue weighted by atomic mass is 16.1. The van der Waals surface area contributed by atoms with Gasteiger partial charge in [0, 0.05) is 23.0 Å². The van der Waals surface area contributed by atoms with E-state index in [1.54, 1.807) is 6.92 Å². The van der Waals surface area contributed by atoms with Crippen LogP contribution in [0.5, 0.6) is 0 Å². The summed E-state index contributed by atoms with van der Waals surface area (Å²) < 4.78 is 2.33. The lowest BCUT2D eigenvalue weighted by Crippen LogP contribution is -2.05. The minimum absolute atomic E-state index is 0.138. The van der Waals surface area contributed by atoms with Crippen LogP contribution >= 0.6 is 0 Å². The molecule has 114 valence electrons. The average Bonchev–Trinajstić information content (AvgIpc) is 2.75. The van der Waals surface area contributed by atoms with Crippen molar-refractivity contribution in [2.45, 2.75) is 26.3 Å². The number of allylic oxidation sites excluding steroid dienone is 1. The Morgan fingerprint density at radius 2 is 1.74 bits per heavy atom. The lowest BCUT2D eigenvalue weighted by Gasteiger charge is -2.12. The fourth-order valence-electron chi connectivity index (χ4n) is 3.64. The van der Waals surface area contributed by atoms with Crippen molar-refractivity contribution in [3.63, 3.8) is 0 Å². The summed E-state index contributed by atoms with van der Waals surface area (Å²) >= 11 is 0. The number of hydrogen-bond donors (Lipinski definition) is 0. The number of fused-ring (bicyclic) bond motifs is 3. The van der Waals surface area contributed by atoms with Crippen LogP contribution in [0.2, 0.25) is 0 Å². The van der Waals surface area contributed by atoms with Gasteiger partial charge in [0.15, 0.2) is 5.78 Å².